The molecule has 88 valence electrons. The predicted molar refractivity (Wildman–Crippen MR) is 51.5 cm³/mol. The van der Waals surface area contributed by atoms with Crippen LogP contribution in [0.25, 0.3) is 0 Å². The van der Waals surface area contributed by atoms with Crippen LogP contribution in [-0.4, -0.2) is 31.2 Å². The highest BCUT2D eigenvalue weighted by Gasteiger charge is 2.17. The minimum absolute atomic E-state index is 0.112. The number of benzene rings is 1. The van der Waals surface area contributed by atoms with E-state index >= 15 is 0 Å². The lowest BCUT2D eigenvalue weighted by atomic mass is 10.2. The highest BCUT2D eigenvalue weighted by molar-refractivity contribution is 5.92. The summed E-state index contributed by atoms with van der Waals surface area (Å²) in [6, 6.07) is 4.14. The Morgan fingerprint density at radius 3 is 2.69 bits per heavy atom. The maximum Gasteiger partial charge on any atom is 0.339 e. The Balaban J connectivity index is 3.04. The summed E-state index contributed by atoms with van der Waals surface area (Å²) in [5, 5.41) is 8.83. The van der Waals surface area contributed by atoms with Crippen molar-refractivity contribution in [1.29, 1.82) is 0 Å². The molecule has 0 fully saturated rings. The van der Waals surface area contributed by atoms with Crippen LogP contribution in [0.4, 0.5) is 8.78 Å². The van der Waals surface area contributed by atoms with Crippen molar-refractivity contribution in [2.24, 2.45) is 0 Å². The second kappa shape index (κ2) is 5.29. The molecule has 0 amide bonds. The fourth-order valence-corrected chi connectivity index (χ4v) is 1.14. The summed E-state index contributed by atoms with van der Waals surface area (Å²) in [4.78, 5) is 10.8. The average Bonchev–Trinajstić information content (AvgIpc) is 2.25. The smallest absolute Gasteiger partial charge is 0.339 e. The van der Waals surface area contributed by atoms with Gasteiger partial charge >= 0.3 is 5.97 Å². The first-order valence-electron chi connectivity index (χ1n) is 4.37. The molecule has 0 bridgehead atoms. The molecule has 0 saturated carbocycles. The largest absolute Gasteiger partial charge is 0.493 e. The lowest BCUT2D eigenvalue weighted by Gasteiger charge is -2.12. The zero-order valence-electron chi connectivity index (χ0n) is 8.44. The molecule has 0 atom stereocenters. The van der Waals surface area contributed by atoms with E-state index in [9.17, 15) is 13.6 Å². The second-order valence-corrected chi connectivity index (χ2v) is 2.84. The molecule has 0 heterocycles. The van der Waals surface area contributed by atoms with E-state index in [1.807, 2.05) is 0 Å². The molecule has 4 nitrogen and oxygen atoms in total. The second-order valence-electron chi connectivity index (χ2n) is 2.84. The predicted octanol–water partition coefficient (Wildman–Crippen LogP) is 2.04. The Morgan fingerprint density at radius 1 is 1.50 bits per heavy atom. The monoisotopic (exact) mass is 232 g/mol. The number of ether oxygens (including phenoxy) is 2. The summed E-state index contributed by atoms with van der Waals surface area (Å²) in [5.41, 5.74) is -0.208. The number of aromatic carboxylic acids is 1. The number of methoxy groups -OCH3 is 1. The zero-order chi connectivity index (χ0) is 12.1. The Kier molecular flexibility index (Phi) is 4.04. The third-order valence-electron chi connectivity index (χ3n) is 1.78. The van der Waals surface area contributed by atoms with Gasteiger partial charge in [-0.2, -0.15) is 0 Å². The maximum absolute atomic E-state index is 12.0. The van der Waals surface area contributed by atoms with Gasteiger partial charge in [0.25, 0.3) is 6.43 Å². The van der Waals surface area contributed by atoms with Crippen LogP contribution in [-0.2, 0) is 0 Å². The van der Waals surface area contributed by atoms with Crippen molar-refractivity contribution in [2.45, 2.75) is 6.43 Å². The molecule has 0 aliphatic heterocycles. The number of alkyl halides is 2. The molecule has 0 saturated heterocycles. The van der Waals surface area contributed by atoms with Crippen molar-refractivity contribution in [2.75, 3.05) is 13.7 Å². The first-order valence-corrected chi connectivity index (χ1v) is 4.37. The first kappa shape index (κ1) is 12.2. The van der Waals surface area contributed by atoms with E-state index in [2.05, 4.69) is 0 Å². The molecule has 0 aromatic heterocycles. The lowest BCUT2D eigenvalue weighted by Crippen LogP contribution is -2.11. The van der Waals surface area contributed by atoms with Gasteiger partial charge in [0, 0.05) is 0 Å². The normalized spacial score (nSPS) is 10.2. The highest BCUT2D eigenvalue weighted by atomic mass is 19.3. The van der Waals surface area contributed by atoms with Gasteiger partial charge < -0.3 is 14.6 Å². The van der Waals surface area contributed by atoms with Gasteiger partial charge in [-0.15, -0.1) is 0 Å². The number of hydrogen-bond donors (Lipinski definition) is 1. The number of carbonyl (C=O) groups is 1. The van der Waals surface area contributed by atoms with E-state index in [-0.39, 0.29) is 17.1 Å². The third-order valence-corrected chi connectivity index (χ3v) is 1.78. The summed E-state index contributed by atoms with van der Waals surface area (Å²) in [6.45, 7) is -0.874. The summed E-state index contributed by atoms with van der Waals surface area (Å²) in [6.07, 6.45) is -2.67. The van der Waals surface area contributed by atoms with Crippen LogP contribution in [0.3, 0.4) is 0 Å². The summed E-state index contributed by atoms with van der Waals surface area (Å²) < 4.78 is 33.5. The Labute approximate surface area is 90.4 Å². The van der Waals surface area contributed by atoms with Crippen LogP contribution in [0.15, 0.2) is 18.2 Å². The molecule has 1 N–H and O–H groups in total. The number of carboxylic acids is 1. The van der Waals surface area contributed by atoms with Gasteiger partial charge in [-0.3, -0.25) is 0 Å². The number of halogens is 2. The van der Waals surface area contributed by atoms with Crippen LogP contribution >= 0.6 is 0 Å². The number of hydrogen-bond acceptors (Lipinski definition) is 3. The van der Waals surface area contributed by atoms with E-state index in [4.69, 9.17) is 14.6 Å². The number of rotatable bonds is 5. The molecule has 16 heavy (non-hydrogen) atoms. The molecule has 1 rings (SSSR count). The van der Waals surface area contributed by atoms with Crippen molar-refractivity contribution >= 4 is 5.97 Å². The molecular weight excluding hydrogens is 222 g/mol. The lowest BCUT2D eigenvalue weighted by molar-refractivity contribution is 0.0659. The fraction of sp³-hybridized carbons (Fsp3) is 0.300. The zero-order valence-corrected chi connectivity index (χ0v) is 8.44. The fourth-order valence-electron chi connectivity index (χ4n) is 1.14. The molecule has 6 heteroatoms. The molecule has 1 aromatic rings. The third kappa shape index (κ3) is 2.82. The minimum Gasteiger partial charge on any atom is -0.493 e. The van der Waals surface area contributed by atoms with Crippen LogP contribution in [0, 0.1) is 0 Å². The van der Waals surface area contributed by atoms with Gasteiger partial charge in [0.15, 0.2) is 11.5 Å². The Hall–Kier alpha value is -1.85. The van der Waals surface area contributed by atoms with Gasteiger partial charge in [0.05, 0.1) is 7.11 Å². The van der Waals surface area contributed by atoms with Gasteiger partial charge in [-0.05, 0) is 12.1 Å². The molecule has 1 aromatic carbocycles. The molecule has 0 aliphatic rings. The van der Waals surface area contributed by atoms with Crippen molar-refractivity contribution in [3.8, 4) is 11.5 Å². The van der Waals surface area contributed by atoms with Crippen LogP contribution in [0.2, 0.25) is 0 Å². The van der Waals surface area contributed by atoms with E-state index in [0.717, 1.165) is 0 Å². The summed E-state index contributed by atoms with van der Waals surface area (Å²) in [7, 11) is 1.30. The van der Waals surface area contributed by atoms with Crippen molar-refractivity contribution < 1.29 is 28.2 Å². The van der Waals surface area contributed by atoms with E-state index in [1.165, 1.54) is 25.3 Å². The van der Waals surface area contributed by atoms with Crippen molar-refractivity contribution in [1.82, 2.24) is 0 Å². The van der Waals surface area contributed by atoms with Crippen LogP contribution < -0.4 is 9.47 Å². The van der Waals surface area contributed by atoms with Crippen LogP contribution in [0.1, 0.15) is 10.4 Å². The van der Waals surface area contributed by atoms with Crippen LogP contribution in [0.5, 0.6) is 11.5 Å². The molecule has 0 radical (unpaired) electrons. The van der Waals surface area contributed by atoms with Gasteiger partial charge in [0.1, 0.15) is 12.2 Å². The SMILES string of the molecule is COc1cccc(C(=O)O)c1OCC(F)F. The van der Waals surface area contributed by atoms with Crippen molar-refractivity contribution in [3.63, 3.8) is 0 Å². The summed E-state index contributed by atoms with van der Waals surface area (Å²) in [5.74, 6) is -1.33. The Morgan fingerprint density at radius 2 is 2.19 bits per heavy atom. The number of carboxylic acid groups (broad SMARTS) is 1. The molecular formula is C10H10F2O4. The van der Waals surface area contributed by atoms with Crippen molar-refractivity contribution in [3.05, 3.63) is 23.8 Å². The number of para-hydroxylation sites is 1. The van der Waals surface area contributed by atoms with E-state index in [0.29, 0.717) is 0 Å². The molecule has 0 spiro atoms. The average molecular weight is 232 g/mol. The highest BCUT2D eigenvalue weighted by Crippen LogP contribution is 2.31. The van der Waals surface area contributed by atoms with Gasteiger partial charge in [-0.25, -0.2) is 13.6 Å². The first-order chi connectivity index (χ1) is 7.56. The quantitative estimate of drug-likeness (QED) is 0.843. The summed E-state index contributed by atoms with van der Waals surface area (Å²) >= 11 is 0. The maximum atomic E-state index is 12.0. The van der Waals surface area contributed by atoms with E-state index in [1.54, 1.807) is 0 Å². The van der Waals surface area contributed by atoms with E-state index < -0.39 is 19.0 Å². The topological polar surface area (TPSA) is 55.8 Å². The van der Waals surface area contributed by atoms with Gasteiger partial charge in [-0.1, -0.05) is 6.07 Å². The molecule has 0 aliphatic carbocycles. The molecule has 0 unspecified atom stereocenters. The Bertz CT molecular complexity index is 379. The minimum atomic E-state index is -2.67. The standard InChI is InChI=1S/C10H10F2O4/c1-15-7-4-2-3-6(10(13)14)9(7)16-5-8(11)12/h2-4,8H,5H2,1H3,(H,13,14). The van der Waals surface area contributed by atoms with Gasteiger partial charge in [0.2, 0.25) is 0 Å².